The fourth-order valence-corrected chi connectivity index (χ4v) is 2.10. The minimum atomic E-state index is -0.824. The molecule has 0 amide bonds. The molecule has 0 saturated carbocycles. The Balaban J connectivity index is 2.89. The average Bonchev–Trinajstić information content (AvgIpc) is 2.41. The predicted octanol–water partition coefficient (Wildman–Crippen LogP) is 3.21. The number of hydrogen-bond acceptors (Lipinski definition) is 4. The zero-order valence-electron chi connectivity index (χ0n) is 12.0. The normalized spacial score (nSPS) is 11.2. The minimum Gasteiger partial charge on any atom is -0.481 e. The first-order valence-corrected chi connectivity index (χ1v) is 6.58. The van der Waals surface area contributed by atoms with Crippen molar-refractivity contribution in [1.29, 1.82) is 0 Å². The second kappa shape index (κ2) is 6.36. The van der Waals surface area contributed by atoms with Gasteiger partial charge in [0.25, 0.3) is 5.69 Å². The highest BCUT2D eigenvalue weighted by molar-refractivity contribution is 5.75. The number of nitrogens with one attached hydrogen (secondary N) is 1. The molecular weight excluding hydrogens is 260 g/mol. The van der Waals surface area contributed by atoms with Crippen molar-refractivity contribution in [2.75, 3.05) is 11.9 Å². The number of aryl methyl sites for hydroxylation is 1. The maximum absolute atomic E-state index is 11.4. The largest absolute Gasteiger partial charge is 0.481 e. The molecule has 6 nitrogen and oxygen atoms in total. The third-order valence-corrected chi connectivity index (χ3v) is 3.85. The van der Waals surface area contributed by atoms with Gasteiger partial charge in [-0.05, 0) is 31.4 Å². The summed E-state index contributed by atoms with van der Waals surface area (Å²) in [6.45, 7) is 5.76. The highest BCUT2D eigenvalue weighted by Crippen LogP contribution is 2.29. The van der Waals surface area contributed by atoms with Crippen LogP contribution in [0.3, 0.4) is 0 Å². The smallest absolute Gasteiger partial charge is 0.311 e. The molecule has 110 valence electrons. The number of hydrogen-bond donors (Lipinski definition) is 2. The molecule has 1 rings (SSSR count). The van der Waals surface area contributed by atoms with Crippen LogP contribution in [0.5, 0.6) is 0 Å². The zero-order chi connectivity index (χ0) is 15.3. The lowest BCUT2D eigenvalue weighted by atomic mass is 9.82. The molecule has 0 saturated heterocycles. The van der Waals surface area contributed by atoms with Gasteiger partial charge in [0.05, 0.1) is 10.3 Å². The van der Waals surface area contributed by atoms with Gasteiger partial charge in [-0.2, -0.15) is 0 Å². The third-order valence-electron chi connectivity index (χ3n) is 3.85. The summed E-state index contributed by atoms with van der Waals surface area (Å²) in [6, 6.07) is 4.50. The summed E-state index contributed by atoms with van der Waals surface area (Å²) in [5.41, 5.74) is 0.672. The maximum atomic E-state index is 11.4. The Kier molecular flexibility index (Phi) is 5.07. The predicted molar refractivity (Wildman–Crippen MR) is 77.0 cm³/mol. The summed E-state index contributed by atoms with van der Waals surface area (Å²) in [4.78, 5) is 21.6. The first-order chi connectivity index (χ1) is 9.36. The molecule has 6 heteroatoms. The lowest BCUT2D eigenvalue weighted by molar-refractivity contribution is -0.384. The number of benzene rings is 1. The molecular formula is C14H20N2O4. The van der Waals surface area contributed by atoms with Crippen LogP contribution in [0.15, 0.2) is 18.2 Å². The summed E-state index contributed by atoms with van der Waals surface area (Å²) >= 11 is 0. The third kappa shape index (κ3) is 3.26. The number of carboxylic acids is 1. The number of carbonyl (C=O) groups is 1. The summed E-state index contributed by atoms with van der Waals surface area (Å²) in [5, 5.41) is 23.1. The van der Waals surface area contributed by atoms with E-state index in [0.717, 1.165) is 11.3 Å². The number of non-ortho nitro benzene ring substituents is 1. The van der Waals surface area contributed by atoms with E-state index in [9.17, 15) is 20.0 Å². The Hall–Kier alpha value is -2.11. The van der Waals surface area contributed by atoms with Crippen molar-refractivity contribution in [3.05, 3.63) is 33.9 Å². The number of anilines is 1. The van der Waals surface area contributed by atoms with E-state index in [1.807, 2.05) is 13.8 Å². The van der Waals surface area contributed by atoms with E-state index in [0.29, 0.717) is 19.4 Å². The molecule has 0 fully saturated rings. The highest BCUT2D eigenvalue weighted by atomic mass is 16.6. The summed E-state index contributed by atoms with van der Waals surface area (Å²) in [5.74, 6) is -0.824. The SMILES string of the molecule is CCC(CC)(CNc1ccc([N+](=O)[O-])cc1C)C(=O)O. The van der Waals surface area contributed by atoms with Crippen LogP contribution >= 0.6 is 0 Å². The number of nitro groups is 1. The van der Waals surface area contributed by atoms with Crippen LogP contribution in [0.1, 0.15) is 32.3 Å². The lowest BCUT2D eigenvalue weighted by Crippen LogP contribution is -2.37. The molecule has 1 aromatic carbocycles. The van der Waals surface area contributed by atoms with E-state index < -0.39 is 16.3 Å². The number of aliphatic carboxylic acids is 1. The summed E-state index contributed by atoms with van der Waals surface area (Å²) in [7, 11) is 0. The molecule has 0 atom stereocenters. The van der Waals surface area contributed by atoms with Gasteiger partial charge in [-0.3, -0.25) is 14.9 Å². The van der Waals surface area contributed by atoms with Gasteiger partial charge < -0.3 is 10.4 Å². The highest BCUT2D eigenvalue weighted by Gasteiger charge is 2.34. The van der Waals surface area contributed by atoms with Gasteiger partial charge in [0.1, 0.15) is 0 Å². The fraction of sp³-hybridized carbons (Fsp3) is 0.500. The molecule has 2 N–H and O–H groups in total. The van der Waals surface area contributed by atoms with Crippen LogP contribution in [0.2, 0.25) is 0 Å². The van der Waals surface area contributed by atoms with Crippen molar-refractivity contribution >= 4 is 17.3 Å². The number of carboxylic acid groups (broad SMARTS) is 1. The molecule has 0 spiro atoms. The van der Waals surface area contributed by atoms with E-state index >= 15 is 0 Å². The quantitative estimate of drug-likeness (QED) is 0.591. The molecule has 0 radical (unpaired) electrons. The molecule has 0 bridgehead atoms. The molecule has 0 unspecified atom stereocenters. The Morgan fingerprint density at radius 2 is 2.00 bits per heavy atom. The zero-order valence-corrected chi connectivity index (χ0v) is 12.0. The van der Waals surface area contributed by atoms with Gasteiger partial charge in [-0.1, -0.05) is 13.8 Å². The van der Waals surface area contributed by atoms with Crippen LogP contribution in [-0.4, -0.2) is 22.5 Å². The first-order valence-electron chi connectivity index (χ1n) is 6.58. The molecule has 0 aliphatic heterocycles. The van der Waals surface area contributed by atoms with Crippen LogP contribution in [-0.2, 0) is 4.79 Å². The number of rotatable bonds is 7. The second-order valence-corrected chi connectivity index (χ2v) is 4.90. The first kappa shape index (κ1) is 15.9. The monoisotopic (exact) mass is 280 g/mol. The van der Waals surface area contributed by atoms with Gasteiger partial charge in [0.2, 0.25) is 0 Å². The Morgan fingerprint density at radius 1 is 1.40 bits per heavy atom. The van der Waals surface area contributed by atoms with Crippen molar-refractivity contribution in [1.82, 2.24) is 0 Å². The molecule has 0 aromatic heterocycles. The van der Waals surface area contributed by atoms with Crippen molar-refractivity contribution in [2.45, 2.75) is 33.6 Å². The summed E-state index contributed by atoms with van der Waals surface area (Å²) < 4.78 is 0. The minimum absolute atomic E-state index is 0.0310. The Labute approximate surface area is 118 Å². The summed E-state index contributed by atoms with van der Waals surface area (Å²) in [6.07, 6.45) is 1.05. The molecule has 1 aromatic rings. The van der Waals surface area contributed by atoms with Gasteiger partial charge in [-0.15, -0.1) is 0 Å². The topological polar surface area (TPSA) is 92.5 Å². The fourth-order valence-electron chi connectivity index (χ4n) is 2.10. The molecule has 0 heterocycles. The van der Waals surface area contributed by atoms with E-state index in [2.05, 4.69) is 5.32 Å². The van der Waals surface area contributed by atoms with Crippen molar-refractivity contribution in [3.63, 3.8) is 0 Å². The van der Waals surface area contributed by atoms with Gasteiger partial charge >= 0.3 is 5.97 Å². The average molecular weight is 280 g/mol. The van der Waals surface area contributed by atoms with E-state index in [4.69, 9.17) is 0 Å². The van der Waals surface area contributed by atoms with E-state index in [1.54, 1.807) is 13.0 Å². The number of nitrogens with zero attached hydrogens (tertiary/aromatic N) is 1. The van der Waals surface area contributed by atoms with Gasteiger partial charge in [-0.25, -0.2) is 0 Å². The standard InChI is InChI=1S/C14H20N2O4/c1-4-14(5-2,13(17)18)9-15-12-7-6-11(16(19)20)8-10(12)3/h6-8,15H,4-5,9H2,1-3H3,(H,17,18). The molecule has 0 aliphatic rings. The van der Waals surface area contributed by atoms with E-state index in [1.165, 1.54) is 12.1 Å². The van der Waals surface area contributed by atoms with Crippen molar-refractivity contribution < 1.29 is 14.8 Å². The van der Waals surface area contributed by atoms with Crippen molar-refractivity contribution in [3.8, 4) is 0 Å². The Bertz CT molecular complexity index is 510. The maximum Gasteiger partial charge on any atom is 0.311 e. The second-order valence-electron chi connectivity index (χ2n) is 4.90. The van der Waals surface area contributed by atoms with Gasteiger partial charge in [0.15, 0.2) is 0 Å². The Morgan fingerprint density at radius 3 is 2.40 bits per heavy atom. The van der Waals surface area contributed by atoms with Crippen LogP contribution in [0.25, 0.3) is 0 Å². The van der Waals surface area contributed by atoms with Crippen molar-refractivity contribution in [2.24, 2.45) is 5.41 Å². The van der Waals surface area contributed by atoms with Crippen LogP contribution in [0.4, 0.5) is 11.4 Å². The number of nitro benzene ring substituents is 1. The molecule has 0 aliphatic carbocycles. The van der Waals surface area contributed by atoms with Gasteiger partial charge in [0, 0.05) is 24.4 Å². The molecule has 20 heavy (non-hydrogen) atoms. The van der Waals surface area contributed by atoms with E-state index in [-0.39, 0.29) is 5.69 Å². The van der Waals surface area contributed by atoms with Crippen LogP contribution in [0, 0.1) is 22.5 Å². The van der Waals surface area contributed by atoms with Crippen LogP contribution < -0.4 is 5.32 Å². The lowest BCUT2D eigenvalue weighted by Gasteiger charge is -2.27.